The van der Waals surface area contributed by atoms with Crippen LogP contribution in [0.4, 0.5) is 4.39 Å². The van der Waals surface area contributed by atoms with Gasteiger partial charge in [0.2, 0.25) is 0 Å². The molecule has 122 valence electrons. The molecule has 2 heterocycles. The first kappa shape index (κ1) is 16.1. The van der Waals surface area contributed by atoms with Crippen molar-refractivity contribution in [1.29, 1.82) is 0 Å². The fourth-order valence-corrected chi connectivity index (χ4v) is 3.63. The van der Waals surface area contributed by atoms with Crippen LogP contribution in [0.2, 0.25) is 0 Å². The fourth-order valence-electron chi connectivity index (χ4n) is 2.82. The topological polar surface area (TPSA) is 23.6 Å². The number of carbonyl (C=O) groups is 1. The maximum Gasteiger partial charge on any atom is 0.254 e. The van der Waals surface area contributed by atoms with Crippen LogP contribution in [0, 0.1) is 5.82 Å². The normalized spacial score (nSPS) is 15.8. The maximum atomic E-state index is 12.9. The molecule has 1 aliphatic heterocycles. The van der Waals surface area contributed by atoms with Crippen molar-refractivity contribution < 1.29 is 9.18 Å². The Morgan fingerprint density at radius 2 is 1.87 bits per heavy atom. The molecule has 1 amide bonds. The predicted molar refractivity (Wildman–Crippen MR) is 91.3 cm³/mol. The number of amides is 1. The van der Waals surface area contributed by atoms with E-state index in [4.69, 9.17) is 0 Å². The summed E-state index contributed by atoms with van der Waals surface area (Å²) < 4.78 is 12.9. The van der Waals surface area contributed by atoms with Crippen LogP contribution in [0.1, 0.15) is 27.7 Å². The lowest BCUT2D eigenvalue weighted by Crippen LogP contribution is -2.48. The molecule has 3 nitrogen and oxygen atoms in total. The molecular formula is C18H21FN2OS. The van der Waals surface area contributed by atoms with Gasteiger partial charge in [-0.05, 0) is 30.2 Å². The van der Waals surface area contributed by atoms with E-state index in [1.807, 2.05) is 28.5 Å². The molecule has 0 saturated carbocycles. The molecule has 1 saturated heterocycles. The number of hydrogen-bond acceptors (Lipinski definition) is 3. The number of benzene rings is 1. The van der Waals surface area contributed by atoms with Gasteiger partial charge < -0.3 is 4.90 Å². The van der Waals surface area contributed by atoms with Gasteiger partial charge in [0, 0.05) is 43.0 Å². The zero-order valence-electron chi connectivity index (χ0n) is 13.3. The number of piperazine rings is 1. The lowest BCUT2D eigenvalue weighted by molar-refractivity contribution is 0.0629. The van der Waals surface area contributed by atoms with Crippen LogP contribution in [0.15, 0.2) is 35.7 Å². The molecule has 1 aromatic carbocycles. The van der Waals surface area contributed by atoms with Crippen molar-refractivity contribution in [2.75, 3.05) is 26.2 Å². The lowest BCUT2D eigenvalue weighted by atomic mass is 10.2. The molecule has 0 radical (unpaired) electrons. The van der Waals surface area contributed by atoms with Crippen LogP contribution in [-0.4, -0.2) is 41.9 Å². The second kappa shape index (κ2) is 7.23. The van der Waals surface area contributed by atoms with Crippen molar-refractivity contribution in [2.24, 2.45) is 0 Å². The van der Waals surface area contributed by atoms with Gasteiger partial charge in [0.1, 0.15) is 5.82 Å². The summed E-state index contributed by atoms with van der Waals surface area (Å²) in [7, 11) is 0. The highest BCUT2D eigenvalue weighted by Gasteiger charge is 2.22. The first-order valence-corrected chi connectivity index (χ1v) is 8.87. The van der Waals surface area contributed by atoms with Gasteiger partial charge in [0.05, 0.1) is 5.56 Å². The summed E-state index contributed by atoms with van der Waals surface area (Å²) >= 11 is 1.66. The van der Waals surface area contributed by atoms with Gasteiger partial charge in [-0.15, -0.1) is 11.3 Å². The van der Waals surface area contributed by atoms with Crippen LogP contribution in [0.25, 0.3) is 0 Å². The molecule has 23 heavy (non-hydrogen) atoms. The van der Waals surface area contributed by atoms with E-state index in [0.717, 1.165) is 50.3 Å². The van der Waals surface area contributed by atoms with E-state index in [9.17, 15) is 9.18 Å². The highest BCUT2D eigenvalue weighted by molar-refractivity contribution is 7.10. The van der Waals surface area contributed by atoms with Gasteiger partial charge in [0.25, 0.3) is 5.91 Å². The van der Waals surface area contributed by atoms with Crippen molar-refractivity contribution in [2.45, 2.75) is 19.9 Å². The Morgan fingerprint density at radius 3 is 2.48 bits per heavy atom. The average Bonchev–Trinajstić information content (AvgIpc) is 3.06. The first-order chi connectivity index (χ1) is 11.2. The zero-order valence-corrected chi connectivity index (χ0v) is 14.1. The molecule has 0 atom stereocenters. The second-order valence-electron chi connectivity index (χ2n) is 5.85. The number of aryl methyl sites for hydroxylation is 1. The molecule has 5 heteroatoms. The molecule has 0 spiro atoms. The predicted octanol–water partition coefficient (Wildman–Crippen LogP) is 3.41. The molecule has 1 aromatic heterocycles. The molecule has 3 rings (SSSR count). The Bertz CT molecular complexity index is 660. The van der Waals surface area contributed by atoms with E-state index in [-0.39, 0.29) is 11.7 Å². The molecule has 0 unspecified atom stereocenters. The van der Waals surface area contributed by atoms with Crippen LogP contribution in [-0.2, 0) is 13.0 Å². The van der Waals surface area contributed by atoms with Crippen molar-refractivity contribution in [3.05, 3.63) is 57.5 Å². The Morgan fingerprint density at radius 1 is 1.17 bits per heavy atom. The van der Waals surface area contributed by atoms with Crippen LogP contribution in [0.5, 0.6) is 0 Å². The zero-order chi connectivity index (χ0) is 16.2. The van der Waals surface area contributed by atoms with Gasteiger partial charge >= 0.3 is 0 Å². The number of thiophene rings is 1. The molecule has 0 aliphatic carbocycles. The van der Waals surface area contributed by atoms with E-state index in [0.29, 0.717) is 0 Å². The summed E-state index contributed by atoms with van der Waals surface area (Å²) in [5, 5.41) is 1.96. The third-order valence-corrected chi connectivity index (χ3v) is 5.31. The number of nitrogens with zero attached hydrogens (tertiary/aromatic N) is 2. The highest BCUT2D eigenvalue weighted by atomic mass is 32.1. The average molecular weight is 332 g/mol. The minimum atomic E-state index is -0.202. The fraction of sp³-hybridized carbons (Fsp3) is 0.389. The second-order valence-corrected chi connectivity index (χ2v) is 6.85. The Labute approximate surface area is 140 Å². The quantitative estimate of drug-likeness (QED) is 0.857. The van der Waals surface area contributed by atoms with Gasteiger partial charge in [-0.1, -0.05) is 19.1 Å². The summed E-state index contributed by atoms with van der Waals surface area (Å²) in [5.41, 5.74) is 1.93. The maximum absolute atomic E-state index is 12.9. The summed E-state index contributed by atoms with van der Waals surface area (Å²) in [4.78, 5) is 18.0. The number of hydrogen-bond donors (Lipinski definition) is 0. The molecule has 1 fully saturated rings. The monoisotopic (exact) mass is 332 g/mol. The Hall–Kier alpha value is -1.72. The highest BCUT2D eigenvalue weighted by Crippen LogP contribution is 2.18. The molecule has 0 N–H and O–H groups in total. The van der Waals surface area contributed by atoms with Crippen LogP contribution in [0.3, 0.4) is 0 Å². The van der Waals surface area contributed by atoms with E-state index in [1.54, 1.807) is 11.3 Å². The largest absolute Gasteiger partial charge is 0.336 e. The number of rotatable bonds is 4. The van der Waals surface area contributed by atoms with Crippen molar-refractivity contribution in [1.82, 2.24) is 9.80 Å². The summed E-state index contributed by atoms with van der Waals surface area (Å²) in [6.07, 6.45) is 0.976. The van der Waals surface area contributed by atoms with E-state index in [1.165, 1.54) is 17.0 Å². The summed E-state index contributed by atoms with van der Waals surface area (Å²) in [6.45, 7) is 6.12. The third kappa shape index (κ3) is 3.98. The number of carbonyl (C=O) groups excluding carboxylic acids is 1. The van der Waals surface area contributed by atoms with Crippen LogP contribution >= 0.6 is 11.3 Å². The van der Waals surface area contributed by atoms with E-state index >= 15 is 0 Å². The summed E-state index contributed by atoms with van der Waals surface area (Å²) in [6, 6.07) is 8.65. The van der Waals surface area contributed by atoms with Crippen LogP contribution < -0.4 is 0 Å². The van der Waals surface area contributed by atoms with Gasteiger partial charge in [0.15, 0.2) is 0 Å². The Balaban J connectivity index is 1.53. The molecular weight excluding hydrogens is 311 g/mol. The molecule has 1 aliphatic rings. The summed E-state index contributed by atoms with van der Waals surface area (Å²) in [5.74, 6) is -0.0613. The van der Waals surface area contributed by atoms with Gasteiger partial charge in [-0.25, -0.2) is 4.39 Å². The van der Waals surface area contributed by atoms with Crippen molar-refractivity contribution >= 4 is 17.2 Å². The SMILES string of the molecule is CCc1cc(C(=O)N2CCN(Cc3ccc(F)cc3)CC2)cs1. The minimum Gasteiger partial charge on any atom is -0.336 e. The molecule has 0 bridgehead atoms. The Kier molecular flexibility index (Phi) is 5.08. The van der Waals surface area contributed by atoms with E-state index in [2.05, 4.69) is 11.8 Å². The smallest absolute Gasteiger partial charge is 0.254 e. The first-order valence-electron chi connectivity index (χ1n) is 7.99. The minimum absolute atomic E-state index is 0.141. The lowest BCUT2D eigenvalue weighted by Gasteiger charge is -2.34. The third-order valence-electron chi connectivity index (χ3n) is 4.23. The van der Waals surface area contributed by atoms with Gasteiger partial charge in [-0.2, -0.15) is 0 Å². The standard InChI is InChI=1S/C18H21FN2OS/c1-2-17-11-15(13-23-17)18(22)21-9-7-20(8-10-21)12-14-3-5-16(19)6-4-14/h3-6,11,13H,2,7-10,12H2,1H3. The number of halogens is 1. The van der Waals surface area contributed by atoms with E-state index < -0.39 is 0 Å². The van der Waals surface area contributed by atoms with Gasteiger partial charge in [-0.3, -0.25) is 9.69 Å². The van der Waals surface area contributed by atoms with Crippen molar-refractivity contribution in [3.8, 4) is 0 Å². The molecule has 2 aromatic rings. The van der Waals surface area contributed by atoms with Crippen molar-refractivity contribution in [3.63, 3.8) is 0 Å².